The van der Waals surface area contributed by atoms with Gasteiger partial charge in [0.25, 0.3) is 0 Å². The highest BCUT2D eigenvalue weighted by molar-refractivity contribution is 6.39. The van der Waals surface area contributed by atoms with Gasteiger partial charge in [-0.2, -0.15) is 5.10 Å². The fraction of sp³-hybridized carbons (Fsp3) is 0.167. The maximum absolute atomic E-state index is 11.9. The van der Waals surface area contributed by atoms with Gasteiger partial charge in [-0.05, 0) is 61.2 Å². The maximum atomic E-state index is 11.9. The van der Waals surface area contributed by atoms with Crippen LogP contribution in [0.5, 0.6) is 0 Å². The van der Waals surface area contributed by atoms with E-state index in [2.05, 4.69) is 15.8 Å². The first-order valence-corrected chi connectivity index (χ1v) is 7.72. The van der Waals surface area contributed by atoms with Crippen molar-refractivity contribution < 1.29 is 9.59 Å². The smallest absolute Gasteiger partial charge is 0.317 e. The number of aryl methyl sites for hydroxylation is 3. The van der Waals surface area contributed by atoms with Gasteiger partial charge >= 0.3 is 11.8 Å². The molecule has 0 aliphatic rings. The summed E-state index contributed by atoms with van der Waals surface area (Å²) in [5, 5.41) is 6.89. The zero-order valence-corrected chi connectivity index (χ0v) is 14.4. The summed E-state index contributed by atoms with van der Waals surface area (Å²) >= 11 is 5.85. The van der Waals surface area contributed by atoms with Gasteiger partial charge in [0.1, 0.15) is 0 Å². The van der Waals surface area contributed by atoms with E-state index in [1.54, 1.807) is 25.1 Å². The Labute approximate surface area is 145 Å². The third-order valence-corrected chi connectivity index (χ3v) is 3.79. The number of nitrogens with zero attached hydrogens (tertiary/aromatic N) is 1. The van der Waals surface area contributed by atoms with Gasteiger partial charge in [0.2, 0.25) is 0 Å². The van der Waals surface area contributed by atoms with Gasteiger partial charge in [-0.3, -0.25) is 9.59 Å². The summed E-state index contributed by atoms with van der Waals surface area (Å²) in [6.07, 6.45) is 1.49. The number of anilines is 1. The highest BCUT2D eigenvalue weighted by Gasteiger charge is 2.13. The number of carbonyl (C=O) groups is 2. The normalized spacial score (nSPS) is 10.7. The Morgan fingerprint density at radius 1 is 0.958 bits per heavy atom. The second kappa shape index (κ2) is 7.75. The average Bonchev–Trinajstić information content (AvgIpc) is 2.53. The van der Waals surface area contributed by atoms with Crippen LogP contribution in [0.15, 0.2) is 41.5 Å². The second-order valence-electron chi connectivity index (χ2n) is 5.46. The van der Waals surface area contributed by atoms with Crippen LogP contribution in [0, 0.1) is 20.8 Å². The molecule has 0 atom stereocenters. The molecule has 0 radical (unpaired) electrons. The molecule has 2 amide bonds. The monoisotopic (exact) mass is 343 g/mol. The summed E-state index contributed by atoms with van der Waals surface area (Å²) in [6, 6.07) is 10.8. The Morgan fingerprint density at radius 2 is 1.71 bits per heavy atom. The number of carbonyl (C=O) groups excluding carboxylic acids is 2. The van der Waals surface area contributed by atoms with Gasteiger partial charge in [-0.15, -0.1) is 0 Å². The van der Waals surface area contributed by atoms with Gasteiger partial charge < -0.3 is 5.32 Å². The molecule has 2 aromatic carbocycles. The van der Waals surface area contributed by atoms with E-state index >= 15 is 0 Å². The van der Waals surface area contributed by atoms with Crippen LogP contribution in [-0.4, -0.2) is 18.0 Å². The summed E-state index contributed by atoms with van der Waals surface area (Å²) in [5.74, 6) is -1.64. The predicted molar refractivity (Wildman–Crippen MR) is 96.5 cm³/mol. The van der Waals surface area contributed by atoms with Crippen molar-refractivity contribution in [1.29, 1.82) is 0 Å². The van der Waals surface area contributed by atoms with Crippen molar-refractivity contribution in [3.8, 4) is 0 Å². The van der Waals surface area contributed by atoms with E-state index in [9.17, 15) is 9.59 Å². The average molecular weight is 344 g/mol. The minimum absolute atomic E-state index is 0.526. The van der Waals surface area contributed by atoms with Crippen LogP contribution in [0.2, 0.25) is 5.02 Å². The number of amides is 2. The Morgan fingerprint density at radius 3 is 2.38 bits per heavy atom. The lowest BCUT2D eigenvalue weighted by atomic mass is 10.1. The molecule has 124 valence electrons. The summed E-state index contributed by atoms with van der Waals surface area (Å²) in [5.41, 5.74) is 6.64. The van der Waals surface area contributed by atoms with Crippen LogP contribution >= 0.6 is 11.6 Å². The largest absolute Gasteiger partial charge is 0.329 e. The van der Waals surface area contributed by atoms with E-state index in [1.807, 2.05) is 32.0 Å². The van der Waals surface area contributed by atoms with Crippen LogP contribution in [0.4, 0.5) is 5.69 Å². The maximum Gasteiger partial charge on any atom is 0.329 e. The first-order valence-electron chi connectivity index (χ1n) is 7.34. The van der Waals surface area contributed by atoms with Gasteiger partial charge in [-0.1, -0.05) is 29.8 Å². The lowest BCUT2D eigenvalue weighted by Gasteiger charge is -2.07. The number of rotatable bonds is 3. The number of nitrogens with one attached hydrogen (secondary N) is 2. The molecule has 0 aromatic heterocycles. The van der Waals surface area contributed by atoms with Crippen molar-refractivity contribution in [2.24, 2.45) is 5.10 Å². The number of hydrogen-bond donors (Lipinski definition) is 2. The molecule has 0 fully saturated rings. The molecule has 2 rings (SSSR count). The molecule has 0 saturated carbocycles. The highest BCUT2D eigenvalue weighted by Crippen LogP contribution is 2.19. The van der Waals surface area contributed by atoms with Crippen LogP contribution in [-0.2, 0) is 9.59 Å². The zero-order valence-electron chi connectivity index (χ0n) is 13.7. The summed E-state index contributed by atoms with van der Waals surface area (Å²) in [6.45, 7) is 5.80. The van der Waals surface area contributed by atoms with Crippen molar-refractivity contribution in [2.75, 3.05) is 5.32 Å². The molecular formula is C18H18ClN3O2. The summed E-state index contributed by atoms with van der Waals surface area (Å²) in [7, 11) is 0. The highest BCUT2D eigenvalue weighted by atomic mass is 35.5. The van der Waals surface area contributed by atoms with Crippen LogP contribution in [0.1, 0.15) is 22.3 Å². The first kappa shape index (κ1) is 17.7. The van der Waals surface area contributed by atoms with Gasteiger partial charge in [0.15, 0.2) is 0 Å². The summed E-state index contributed by atoms with van der Waals surface area (Å²) in [4.78, 5) is 23.6. The number of benzene rings is 2. The van der Waals surface area contributed by atoms with Gasteiger partial charge in [0, 0.05) is 10.7 Å². The lowest BCUT2D eigenvalue weighted by Crippen LogP contribution is -2.32. The number of halogens is 1. The minimum atomic E-state index is -0.843. The van der Waals surface area contributed by atoms with Crippen molar-refractivity contribution in [2.45, 2.75) is 20.8 Å². The third-order valence-electron chi connectivity index (χ3n) is 3.55. The minimum Gasteiger partial charge on any atom is -0.317 e. The SMILES string of the molecule is Cc1ccc(/C=N/NC(=O)C(=O)Nc2ccc(Cl)cc2C)cc1C. The summed E-state index contributed by atoms with van der Waals surface area (Å²) < 4.78 is 0. The molecule has 0 bridgehead atoms. The number of hydrogen-bond acceptors (Lipinski definition) is 3. The van der Waals surface area contributed by atoms with Gasteiger partial charge in [0.05, 0.1) is 6.21 Å². The molecule has 0 heterocycles. The number of hydrazone groups is 1. The predicted octanol–water partition coefficient (Wildman–Crippen LogP) is 3.35. The molecule has 0 aliphatic heterocycles. The molecule has 2 aromatic rings. The topological polar surface area (TPSA) is 70.6 Å². The van der Waals surface area contributed by atoms with Crippen LogP contribution < -0.4 is 10.7 Å². The van der Waals surface area contributed by atoms with Crippen LogP contribution in [0.3, 0.4) is 0 Å². The Kier molecular flexibility index (Phi) is 5.71. The molecule has 24 heavy (non-hydrogen) atoms. The molecule has 0 saturated heterocycles. The van der Waals surface area contributed by atoms with Crippen molar-refractivity contribution >= 4 is 35.3 Å². The molecule has 5 nitrogen and oxygen atoms in total. The Bertz CT molecular complexity index is 816. The van der Waals surface area contributed by atoms with E-state index in [-0.39, 0.29) is 0 Å². The zero-order chi connectivity index (χ0) is 17.7. The lowest BCUT2D eigenvalue weighted by molar-refractivity contribution is -0.136. The van der Waals surface area contributed by atoms with E-state index in [0.717, 1.165) is 16.7 Å². The standard InChI is InChI=1S/C18H18ClN3O2/c1-11-4-5-14(8-12(11)2)10-20-22-18(24)17(23)21-16-7-6-15(19)9-13(16)3/h4-10H,1-3H3,(H,21,23)(H,22,24)/b20-10+. The molecular weight excluding hydrogens is 326 g/mol. The van der Waals surface area contributed by atoms with E-state index in [1.165, 1.54) is 11.8 Å². The third kappa shape index (κ3) is 4.67. The Hall–Kier alpha value is -2.66. The van der Waals surface area contributed by atoms with E-state index in [0.29, 0.717) is 10.7 Å². The van der Waals surface area contributed by atoms with Gasteiger partial charge in [-0.25, -0.2) is 5.43 Å². The fourth-order valence-electron chi connectivity index (χ4n) is 2.01. The second-order valence-corrected chi connectivity index (χ2v) is 5.89. The van der Waals surface area contributed by atoms with E-state index < -0.39 is 11.8 Å². The van der Waals surface area contributed by atoms with Crippen molar-refractivity contribution in [3.05, 3.63) is 63.7 Å². The van der Waals surface area contributed by atoms with Crippen LogP contribution in [0.25, 0.3) is 0 Å². The molecule has 0 aliphatic carbocycles. The first-order chi connectivity index (χ1) is 11.4. The fourth-order valence-corrected chi connectivity index (χ4v) is 2.23. The molecule has 6 heteroatoms. The van der Waals surface area contributed by atoms with Crippen molar-refractivity contribution in [3.63, 3.8) is 0 Å². The molecule has 0 spiro atoms. The Balaban J connectivity index is 1.95. The quantitative estimate of drug-likeness (QED) is 0.509. The van der Waals surface area contributed by atoms with Crippen molar-refractivity contribution in [1.82, 2.24) is 5.43 Å². The molecule has 2 N–H and O–H groups in total. The molecule has 0 unspecified atom stereocenters. The van der Waals surface area contributed by atoms with E-state index in [4.69, 9.17) is 11.6 Å².